The molecule has 0 saturated carbocycles. The molecule has 208 valence electrons. The molecule has 2 saturated heterocycles. The van der Waals surface area contributed by atoms with Gasteiger partial charge >= 0.3 is 0 Å². The van der Waals surface area contributed by atoms with Crippen molar-refractivity contribution in [1.82, 2.24) is 30.1 Å². The van der Waals surface area contributed by atoms with Gasteiger partial charge in [-0.15, -0.1) is 5.10 Å². The van der Waals surface area contributed by atoms with Crippen LogP contribution in [-0.2, 0) is 11.3 Å². The van der Waals surface area contributed by atoms with Crippen LogP contribution in [0, 0.1) is 10.1 Å². The van der Waals surface area contributed by atoms with Gasteiger partial charge in [-0.1, -0.05) is 0 Å². The predicted molar refractivity (Wildman–Crippen MR) is 147 cm³/mol. The summed E-state index contributed by atoms with van der Waals surface area (Å²) in [5.41, 5.74) is 2.02. The SMILES string of the molecule is COc1ccc2cc(C(c3nnnn3CC3CCCO3)N3CCN(c4ccc([N+](=O)[O-])cc4)CC3)c(=O)[nH]c2c1. The highest BCUT2D eigenvalue weighted by Crippen LogP contribution is 2.30. The summed E-state index contributed by atoms with van der Waals surface area (Å²) in [5, 5.41) is 24.6. The highest BCUT2D eigenvalue weighted by atomic mass is 16.6. The highest BCUT2D eigenvalue weighted by molar-refractivity contribution is 5.80. The molecule has 6 rings (SSSR count). The molecular weight excluding hydrogens is 516 g/mol. The van der Waals surface area contributed by atoms with Gasteiger partial charge < -0.3 is 19.4 Å². The van der Waals surface area contributed by atoms with Crippen molar-refractivity contribution in [3.05, 3.63) is 80.4 Å². The molecule has 0 radical (unpaired) electrons. The normalized spacial score (nSPS) is 18.7. The molecule has 2 unspecified atom stereocenters. The molecule has 0 amide bonds. The first-order valence-electron chi connectivity index (χ1n) is 13.3. The van der Waals surface area contributed by atoms with Crippen LogP contribution in [0.5, 0.6) is 5.75 Å². The smallest absolute Gasteiger partial charge is 0.269 e. The number of aromatic amines is 1. The predicted octanol–water partition coefficient (Wildman–Crippen LogP) is 2.52. The van der Waals surface area contributed by atoms with Gasteiger partial charge in [0.05, 0.1) is 30.2 Å². The second-order valence-corrected chi connectivity index (χ2v) is 10.1. The standard InChI is InChI=1S/C27H30N8O5/c1-39-21-9-4-18-15-23(27(36)28-24(18)16-21)25(26-29-30-31-34(26)17-22-3-2-14-40-22)33-12-10-32(11-13-33)19-5-7-20(8-6-19)35(37)38/h4-9,15-16,22,25H,2-3,10-14,17H2,1H3,(H,28,36). The molecular formula is C27H30N8O5. The lowest BCUT2D eigenvalue weighted by molar-refractivity contribution is -0.384. The monoisotopic (exact) mass is 546 g/mol. The van der Waals surface area contributed by atoms with Crippen LogP contribution in [-0.4, -0.2) is 81.0 Å². The molecule has 2 aliphatic rings. The summed E-state index contributed by atoms with van der Waals surface area (Å²) in [5.74, 6) is 1.26. The fourth-order valence-corrected chi connectivity index (χ4v) is 5.57. The number of ether oxygens (including phenoxy) is 2. The Morgan fingerprint density at radius 3 is 2.65 bits per heavy atom. The molecule has 2 fully saturated rings. The van der Waals surface area contributed by atoms with Gasteiger partial charge in [0.1, 0.15) is 11.8 Å². The summed E-state index contributed by atoms with van der Waals surface area (Å²) < 4.78 is 12.9. The van der Waals surface area contributed by atoms with E-state index in [-0.39, 0.29) is 17.4 Å². The van der Waals surface area contributed by atoms with Crippen molar-refractivity contribution in [2.24, 2.45) is 0 Å². The van der Waals surface area contributed by atoms with E-state index in [0.29, 0.717) is 55.4 Å². The zero-order chi connectivity index (χ0) is 27.6. The number of non-ortho nitro benzene ring substituents is 1. The molecule has 2 aromatic heterocycles. The van der Waals surface area contributed by atoms with Crippen molar-refractivity contribution in [3.63, 3.8) is 0 Å². The van der Waals surface area contributed by atoms with E-state index in [4.69, 9.17) is 9.47 Å². The van der Waals surface area contributed by atoms with Gasteiger partial charge in [-0.2, -0.15) is 0 Å². The second-order valence-electron chi connectivity index (χ2n) is 10.1. The van der Waals surface area contributed by atoms with Crippen LogP contribution in [0.25, 0.3) is 10.9 Å². The lowest BCUT2D eigenvalue weighted by atomic mass is 10.0. The number of nitrogens with zero attached hydrogens (tertiary/aromatic N) is 7. The van der Waals surface area contributed by atoms with Gasteiger partial charge in [-0.25, -0.2) is 4.68 Å². The van der Waals surface area contributed by atoms with Crippen LogP contribution in [0.4, 0.5) is 11.4 Å². The van der Waals surface area contributed by atoms with Gasteiger partial charge in [0.15, 0.2) is 5.82 Å². The Morgan fingerprint density at radius 2 is 1.95 bits per heavy atom. The number of nitro benzene ring substituents is 1. The number of tetrazole rings is 1. The average Bonchev–Trinajstić information content (AvgIpc) is 3.66. The fraction of sp³-hybridized carbons (Fsp3) is 0.407. The summed E-state index contributed by atoms with van der Waals surface area (Å²) in [7, 11) is 1.59. The molecule has 0 aliphatic carbocycles. The largest absolute Gasteiger partial charge is 0.497 e. The first-order valence-corrected chi connectivity index (χ1v) is 13.3. The number of pyridine rings is 1. The Kier molecular flexibility index (Phi) is 7.13. The number of fused-ring (bicyclic) bond motifs is 1. The molecule has 4 aromatic rings. The molecule has 40 heavy (non-hydrogen) atoms. The molecule has 0 bridgehead atoms. The van der Waals surface area contributed by atoms with E-state index < -0.39 is 11.0 Å². The molecule has 4 heterocycles. The Bertz CT molecular complexity index is 1560. The number of benzene rings is 2. The van der Waals surface area contributed by atoms with E-state index in [0.717, 1.165) is 30.5 Å². The number of rotatable bonds is 8. The topological polar surface area (TPSA) is 145 Å². The minimum atomic E-state index is -0.481. The lowest BCUT2D eigenvalue weighted by Gasteiger charge is -2.39. The van der Waals surface area contributed by atoms with Crippen LogP contribution < -0.4 is 15.2 Å². The summed E-state index contributed by atoms with van der Waals surface area (Å²) in [6.07, 6.45) is 1.98. The van der Waals surface area contributed by atoms with Crippen LogP contribution in [0.15, 0.2) is 53.3 Å². The summed E-state index contributed by atoms with van der Waals surface area (Å²) >= 11 is 0. The Balaban J connectivity index is 1.33. The van der Waals surface area contributed by atoms with Gasteiger partial charge in [0, 0.05) is 62.2 Å². The van der Waals surface area contributed by atoms with Gasteiger partial charge in [-0.3, -0.25) is 19.8 Å². The quantitative estimate of drug-likeness (QED) is 0.258. The number of hydrogen-bond acceptors (Lipinski definition) is 10. The van der Waals surface area contributed by atoms with Crippen LogP contribution >= 0.6 is 0 Å². The highest BCUT2D eigenvalue weighted by Gasteiger charge is 2.33. The Morgan fingerprint density at radius 1 is 1.15 bits per heavy atom. The van der Waals surface area contributed by atoms with E-state index in [1.807, 2.05) is 18.2 Å². The average molecular weight is 547 g/mol. The number of piperazine rings is 1. The number of methoxy groups -OCH3 is 1. The summed E-state index contributed by atoms with van der Waals surface area (Å²) in [6.45, 7) is 3.85. The zero-order valence-electron chi connectivity index (χ0n) is 22.1. The Hall–Kier alpha value is -4.36. The first kappa shape index (κ1) is 25.9. The molecule has 13 nitrogen and oxygen atoms in total. The van der Waals surface area contributed by atoms with Gasteiger partial charge in [0.2, 0.25) is 0 Å². The van der Waals surface area contributed by atoms with Crippen LogP contribution in [0.1, 0.15) is 30.3 Å². The van der Waals surface area contributed by atoms with Crippen molar-refractivity contribution in [2.75, 3.05) is 44.8 Å². The van der Waals surface area contributed by atoms with Crippen molar-refractivity contribution in [1.29, 1.82) is 0 Å². The van der Waals surface area contributed by atoms with E-state index in [1.54, 1.807) is 30.0 Å². The number of hydrogen-bond donors (Lipinski definition) is 1. The van der Waals surface area contributed by atoms with Gasteiger partial charge in [0.25, 0.3) is 11.2 Å². The maximum Gasteiger partial charge on any atom is 0.269 e. The van der Waals surface area contributed by atoms with E-state index in [1.165, 1.54) is 12.1 Å². The second kappa shape index (κ2) is 11.0. The molecule has 2 atom stereocenters. The summed E-state index contributed by atoms with van der Waals surface area (Å²) in [4.78, 5) is 31.6. The third-order valence-corrected chi connectivity index (χ3v) is 7.69. The maximum absolute atomic E-state index is 13.5. The molecule has 2 aromatic carbocycles. The van der Waals surface area contributed by atoms with Crippen molar-refractivity contribution in [3.8, 4) is 5.75 Å². The van der Waals surface area contributed by atoms with Crippen molar-refractivity contribution < 1.29 is 14.4 Å². The zero-order valence-corrected chi connectivity index (χ0v) is 22.1. The number of H-pyrrole nitrogens is 1. The minimum absolute atomic E-state index is 0.0317. The third kappa shape index (κ3) is 5.12. The van der Waals surface area contributed by atoms with Gasteiger partial charge in [-0.05, 0) is 59.0 Å². The van der Waals surface area contributed by atoms with Crippen molar-refractivity contribution >= 4 is 22.3 Å². The molecule has 0 spiro atoms. The summed E-state index contributed by atoms with van der Waals surface area (Å²) in [6, 6.07) is 13.6. The Labute approximate surface area is 229 Å². The molecule has 2 aliphatic heterocycles. The number of nitro groups is 1. The molecule has 13 heteroatoms. The number of anilines is 1. The number of aromatic nitrogens is 5. The lowest BCUT2D eigenvalue weighted by Crippen LogP contribution is -2.49. The number of nitrogens with one attached hydrogen (secondary N) is 1. The van der Waals surface area contributed by atoms with E-state index >= 15 is 0 Å². The van der Waals surface area contributed by atoms with Crippen LogP contribution in [0.2, 0.25) is 0 Å². The first-order chi connectivity index (χ1) is 19.5. The maximum atomic E-state index is 13.5. The van der Waals surface area contributed by atoms with Crippen LogP contribution in [0.3, 0.4) is 0 Å². The molecule has 1 N–H and O–H groups in total. The third-order valence-electron chi connectivity index (χ3n) is 7.69. The van der Waals surface area contributed by atoms with E-state index in [9.17, 15) is 14.9 Å². The minimum Gasteiger partial charge on any atom is -0.497 e. The van der Waals surface area contributed by atoms with E-state index in [2.05, 4.69) is 30.3 Å². The van der Waals surface area contributed by atoms with Crippen molar-refractivity contribution in [2.45, 2.75) is 31.5 Å². The fourth-order valence-electron chi connectivity index (χ4n) is 5.57.